The van der Waals surface area contributed by atoms with E-state index >= 15 is 0 Å². The molecule has 1 saturated carbocycles. The number of aryl methyl sites for hydroxylation is 1. The molecule has 2 aromatic carbocycles. The van der Waals surface area contributed by atoms with Crippen LogP contribution in [0.3, 0.4) is 0 Å². The number of amides is 1. The maximum atomic E-state index is 13.1. The molecule has 1 fully saturated rings. The summed E-state index contributed by atoms with van der Waals surface area (Å²) >= 11 is 0. The standard InChI is InChI=1S/C23H23FN2O3/c1-28-20-10-2-16(3-11-20)15-26(19-8-9-19)23(27)13-12-22-25-14-21(29-22)17-4-6-18(24)7-5-17/h2-7,10-11,14,19H,8-9,12-13,15H2,1H3. The number of oxazole rings is 1. The third-order valence-electron chi connectivity index (χ3n) is 5.05. The molecule has 1 heterocycles. The van der Waals surface area contributed by atoms with Crippen LogP contribution in [0.1, 0.15) is 30.7 Å². The Balaban J connectivity index is 1.36. The van der Waals surface area contributed by atoms with E-state index in [9.17, 15) is 9.18 Å². The molecule has 0 spiro atoms. The second-order valence-electron chi connectivity index (χ2n) is 7.23. The molecule has 0 aliphatic heterocycles. The summed E-state index contributed by atoms with van der Waals surface area (Å²) in [5.41, 5.74) is 1.84. The number of carbonyl (C=O) groups excluding carboxylic acids is 1. The van der Waals surface area contributed by atoms with Crippen LogP contribution in [0.15, 0.2) is 59.1 Å². The molecule has 0 bridgehead atoms. The van der Waals surface area contributed by atoms with Gasteiger partial charge < -0.3 is 14.1 Å². The second kappa shape index (κ2) is 8.47. The highest BCUT2D eigenvalue weighted by Crippen LogP contribution is 2.30. The molecule has 29 heavy (non-hydrogen) atoms. The summed E-state index contributed by atoms with van der Waals surface area (Å²) in [5.74, 6) is 1.70. The molecule has 0 N–H and O–H groups in total. The molecular formula is C23H23FN2O3. The fraction of sp³-hybridized carbons (Fsp3) is 0.304. The van der Waals surface area contributed by atoms with Gasteiger partial charge in [-0.25, -0.2) is 9.37 Å². The molecule has 0 unspecified atom stereocenters. The van der Waals surface area contributed by atoms with Gasteiger partial charge in [0, 0.05) is 31.0 Å². The van der Waals surface area contributed by atoms with Crippen LogP contribution in [0.5, 0.6) is 5.75 Å². The third kappa shape index (κ3) is 4.83. The Morgan fingerprint density at radius 1 is 1.17 bits per heavy atom. The van der Waals surface area contributed by atoms with Gasteiger partial charge in [-0.1, -0.05) is 12.1 Å². The minimum absolute atomic E-state index is 0.102. The predicted octanol–water partition coefficient (Wildman–Crippen LogP) is 4.61. The molecule has 1 aliphatic carbocycles. The van der Waals surface area contributed by atoms with Crippen molar-refractivity contribution in [3.8, 4) is 17.1 Å². The molecule has 1 aliphatic rings. The van der Waals surface area contributed by atoms with E-state index in [0.717, 1.165) is 29.7 Å². The van der Waals surface area contributed by atoms with Crippen LogP contribution < -0.4 is 4.74 Å². The lowest BCUT2D eigenvalue weighted by atomic mass is 10.2. The number of carbonyl (C=O) groups is 1. The van der Waals surface area contributed by atoms with Gasteiger partial charge in [-0.2, -0.15) is 0 Å². The largest absolute Gasteiger partial charge is 0.497 e. The predicted molar refractivity (Wildman–Crippen MR) is 107 cm³/mol. The van der Waals surface area contributed by atoms with Gasteiger partial charge in [0.15, 0.2) is 11.7 Å². The Hall–Kier alpha value is -3.15. The number of rotatable bonds is 8. The number of halogens is 1. The molecule has 0 saturated heterocycles. The lowest BCUT2D eigenvalue weighted by Crippen LogP contribution is -2.32. The number of hydrogen-bond acceptors (Lipinski definition) is 4. The van der Waals surface area contributed by atoms with Gasteiger partial charge >= 0.3 is 0 Å². The van der Waals surface area contributed by atoms with E-state index in [-0.39, 0.29) is 11.7 Å². The minimum atomic E-state index is -0.295. The maximum Gasteiger partial charge on any atom is 0.223 e. The van der Waals surface area contributed by atoms with Crippen molar-refractivity contribution in [2.24, 2.45) is 0 Å². The van der Waals surface area contributed by atoms with Crippen LogP contribution in [-0.2, 0) is 17.8 Å². The first-order valence-corrected chi connectivity index (χ1v) is 9.75. The Labute approximate surface area is 169 Å². The lowest BCUT2D eigenvalue weighted by Gasteiger charge is -2.22. The van der Waals surface area contributed by atoms with Crippen molar-refractivity contribution in [3.63, 3.8) is 0 Å². The number of nitrogens with zero attached hydrogens (tertiary/aromatic N) is 2. The molecule has 150 valence electrons. The van der Waals surface area contributed by atoms with E-state index < -0.39 is 0 Å². The number of benzene rings is 2. The Morgan fingerprint density at radius 2 is 1.90 bits per heavy atom. The topological polar surface area (TPSA) is 55.6 Å². The van der Waals surface area contributed by atoms with Crippen molar-refractivity contribution in [1.82, 2.24) is 9.88 Å². The summed E-state index contributed by atoms with van der Waals surface area (Å²) in [6.45, 7) is 0.597. The maximum absolute atomic E-state index is 13.1. The highest BCUT2D eigenvalue weighted by Gasteiger charge is 2.32. The van der Waals surface area contributed by atoms with Crippen molar-refractivity contribution in [2.75, 3.05) is 7.11 Å². The van der Waals surface area contributed by atoms with Crippen LogP contribution in [-0.4, -0.2) is 28.9 Å². The van der Waals surface area contributed by atoms with E-state index in [2.05, 4.69) is 4.98 Å². The Bertz CT molecular complexity index is 963. The lowest BCUT2D eigenvalue weighted by molar-refractivity contribution is -0.132. The van der Waals surface area contributed by atoms with Crippen LogP contribution in [0, 0.1) is 5.82 Å². The van der Waals surface area contributed by atoms with Crippen molar-refractivity contribution in [2.45, 2.75) is 38.3 Å². The summed E-state index contributed by atoms with van der Waals surface area (Å²) < 4.78 is 24.0. The van der Waals surface area contributed by atoms with Gasteiger partial charge in [0.1, 0.15) is 11.6 Å². The highest BCUT2D eigenvalue weighted by molar-refractivity contribution is 5.77. The van der Waals surface area contributed by atoms with E-state index in [0.29, 0.717) is 37.1 Å². The van der Waals surface area contributed by atoms with Crippen LogP contribution in [0.4, 0.5) is 4.39 Å². The molecule has 0 atom stereocenters. The van der Waals surface area contributed by atoms with Crippen LogP contribution in [0.25, 0.3) is 11.3 Å². The zero-order chi connectivity index (χ0) is 20.2. The third-order valence-corrected chi connectivity index (χ3v) is 5.05. The minimum Gasteiger partial charge on any atom is -0.497 e. The number of methoxy groups -OCH3 is 1. The van der Waals surface area contributed by atoms with Crippen molar-refractivity contribution < 1.29 is 18.3 Å². The van der Waals surface area contributed by atoms with E-state index in [1.807, 2.05) is 29.2 Å². The van der Waals surface area contributed by atoms with Crippen LogP contribution >= 0.6 is 0 Å². The van der Waals surface area contributed by atoms with E-state index in [1.54, 1.807) is 25.4 Å². The van der Waals surface area contributed by atoms with E-state index in [1.165, 1.54) is 12.1 Å². The van der Waals surface area contributed by atoms with E-state index in [4.69, 9.17) is 9.15 Å². The fourth-order valence-electron chi connectivity index (χ4n) is 3.27. The van der Waals surface area contributed by atoms with Crippen molar-refractivity contribution >= 4 is 5.91 Å². The van der Waals surface area contributed by atoms with Gasteiger partial charge in [-0.05, 0) is 54.8 Å². The van der Waals surface area contributed by atoms with Crippen molar-refractivity contribution in [1.29, 1.82) is 0 Å². The molecule has 5 nitrogen and oxygen atoms in total. The molecule has 1 aromatic heterocycles. The summed E-state index contributed by atoms with van der Waals surface area (Å²) in [6, 6.07) is 14.2. The van der Waals surface area contributed by atoms with Gasteiger partial charge in [0.25, 0.3) is 0 Å². The van der Waals surface area contributed by atoms with Crippen molar-refractivity contribution in [3.05, 3.63) is 72.0 Å². The SMILES string of the molecule is COc1ccc(CN(C(=O)CCc2ncc(-c3ccc(F)cc3)o2)C2CC2)cc1. The normalized spacial score (nSPS) is 13.3. The monoisotopic (exact) mass is 394 g/mol. The molecule has 4 rings (SSSR count). The summed E-state index contributed by atoms with van der Waals surface area (Å²) in [4.78, 5) is 19.0. The van der Waals surface area contributed by atoms with Gasteiger partial charge in [0.2, 0.25) is 5.91 Å². The summed E-state index contributed by atoms with van der Waals surface area (Å²) in [5, 5.41) is 0. The van der Waals surface area contributed by atoms with Gasteiger partial charge in [0.05, 0.1) is 13.3 Å². The van der Waals surface area contributed by atoms with Gasteiger partial charge in [-0.3, -0.25) is 4.79 Å². The highest BCUT2D eigenvalue weighted by atomic mass is 19.1. The molecule has 3 aromatic rings. The number of hydrogen-bond donors (Lipinski definition) is 0. The quantitative estimate of drug-likeness (QED) is 0.560. The first-order chi connectivity index (χ1) is 14.1. The number of aromatic nitrogens is 1. The molecule has 6 heteroatoms. The average Bonchev–Trinajstić information content (AvgIpc) is 3.48. The number of ether oxygens (including phenoxy) is 1. The smallest absolute Gasteiger partial charge is 0.223 e. The van der Waals surface area contributed by atoms with Crippen LogP contribution in [0.2, 0.25) is 0 Å². The van der Waals surface area contributed by atoms with Gasteiger partial charge in [-0.15, -0.1) is 0 Å². The first kappa shape index (κ1) is 19.2. The summed E-state index contributed by atoms with van der Waals surface area (Å²) in [7, 11) is 1.64. The molecule has 1 amide bonds. The fourth-order valence-corrected chi connectivity index (χ4v) is 3.27. The Morgan fingerprint density at radius 3 is 2.55 bits per heavy atom. The zero-order valence-corrected chi connectivity index (χ0v) is 16.3. The second-order valence-corrected chi connectivity index (χ2v) is 7.23. The zero-order valence-electron chi connectivity index (χ0n) is 16.3. The molecular weight excluding hydrogens is 371 g/mol. The Kier molecular flexibility index (Phi) is 5.60. The molecule has 0 radical (unpaired) electrons. The average molecular weight is 394 g/mol. The first-order valence-electron chi connectivity index (χ1n) is 9.75. The summed E-state index contributed by atoms with van der Waals surface area (Å²) in [6.07, 6.45) is 4.50.